The lowest BCUT2D eigenvalue weighted by Crippen LogP contribution is -2.12. The SMILES string of the molecule is O/N=C/[C@@H]1CC1c1cccc2c1C[C@@H](CCCCc1ccccc1)O2.O=C[C@@H]1CC1c1cccc2c1C[C@@H](CCCCc1ccccc1)O2.OC[C@@H]1CC1c1cccc2c1C[C@@H](CCCCc1ccccc1)O2. The van der Waals surface area contributed by atoms with Crippen molar-refractivity contribution in [1.29, 1.82) is 0 Å². The van der Waals surface area contributed by atoms with Crippen LogP contribution in [-0.4, -0.2) is 47.7 Å². The first kappa shape index (κ1) is 50.4. The van der Waals surface area contributed by atoms with E-state index >= 15 is 0 Å². The summed E-state index contributed by atoms with van der Waals surface area (Å²) in [5.74, 6) is 5.82. The van der Waals surface area contributed by atoms with E-state index in [9.17, 15) is 9.90 Å². The molecule has 6 aliphatic rings. The topological polar surface area (TPSA) is 97.6 Å². The summed E-state index contributed by atoms with van der Waals surface area (Å²) in [4.78, 5) is 11.0. The average molecular weight is 978 g/mol. The maximum absolute atomic E-state index is 11.0. The molecule has 3 saturated carbocycles. The van der Waals surface area contributed by atoms with Gasteiger partial charge in [-0.3, -0.25) is 0 Å². The molecule has 0 aromatic heterocycles. The normalized spacial score (nSPS) is 24.3. The van der Waals surface area contributed by atoms with Gasteiger partial charge in [-0.05, 0) is 172 Å². The van der Waals surface area contributed by atoms with Gasteiger partial charge in [0.1, 0.15) is 41.8 Å². The molecule has 0 radical (unpaired) electrons. The number of benzene rings is 6. The zero-order valence-electron chi connectivity index (χ0n) is 42.6. The molecule has 6 aromatic rings. The summed E-state index contributed by atoms with van der Waals surface area (Å²) in [5, 5.41) is 21.3. The summed E-state index contributed by atoms with van der Waals surface area (Å²) in [7, 11) is 0. The van der Waals surface area contributed by atoms with Gasteiger partial charge in [-0.25, -0.2) is 0 Å². The number of aliphatic hydroxyl groups excluding tert-OH is 1. The van der Waals surface area contributed by atoms with Crippen molar-refractivity contribution in [2.75, 3.05) is 6.61 Å². The first-order valence-electron chi connectivity index (χ1n) is 27.8. The van der Waals surface area contributed by atoms with E-state index in [-0.39, 0.29) is 5.92 Å². The van der Waals surface area contributed by atoms with Crippen LogP contribution in [0.5, 0.6) is 17.2 Å². The van der Waals surface area contributed by atoms with Crippen molar-refractivity contribution in [2.24, 2.45) is 22.9 Å². The molecule has 12 rings (SSSR count). The number of fused-ring (bicyclic) bond motifs is 3. The number of hydrogen-bond acceptors (Lipinski definition) is 7. The molecule has 2 N–H and O–H groups in total. The van der Waals surface area contributed by atoms with Crippen molar-refractivity contribution < 1.29 is 29.3 Å². The molecule has 3 fully saturated rings. The Bertz CT molecular complexity index is 2720. The molecule has 380 valence electrons. The van der Waals surface area contributed by atoms with Crippen molar-refractivity contribution in [3.05, 3.63) is 196 Å². The molecule has 3 aliphatic carbocycles. The van der Waals surface area contributed by atoms with Gasteiger partial charge < -0.3 is 29.3 Å². The number of carbonyl (C=O) groups excluding carboxylic acids is 1. The molecule has 0 bridgehead atoms. The van der Waals surface area contributed by atoms with Gasteiger partial charge in [0, 0.05) is 60.6 Å². The predicted octanol–water partition coefficient (Wildman–Crippen LogP) is 14.2. The summed E-state index contributed by atoms with van der Waals surface area (Å²) >= 11 is 0. The van der Waals surface area contributed by atoms with Crippen LogP contribution in [0.15, 0.2) is 151 Å². The zero-order chi connectivity index (χ0) is 49.8. The number of aliphatic hydroxyl groups is 1. The number of aryl methyl sites for hydroxylation is 3. The molecule has 6 aromatic carbocycles. The quantitative estimate of drug-likeness (QED) is 0.0245. The number of ether oxygens (including phenoxy) is 3. The number of unbranched alkanes of at least 4 members (excludes halogenated alkanes) is 3. The molecular weight excluding hydrogens is 903 g/mol. The van der Waals surface area contributed by atoms with Gasteiger partial charge in [0.2, 0.25) is 0 Å². The lowest BCUT2D eigenvalue weighted by Gasteiger charge is -2.10. The molecule has 7 nitrogen and oxygen atoms in total. The molecule has 3 unspecified atom stereocenters. The summed E-state index contributed by atoms with van der Waals surface area (Å²) in [6.45, 7) is 0.318. The molecule has 9 atom stereocenters. The van der Waals surface area contributed by atoms with Gasteiger partial charge in [-0.1, -0.05) is 127 Å². The van der Waals surface area contributed by atoms with Gasteiger partial charge in [-0.2, -0.15) is 0 Å². The van der Waals surface area contributed by atoms with E-state index in [1.165, 1.54) is 88.6 Å². The Morgan fingerprint density at radius 2 is 0.836 bits per heavy atom. The Kier molecular flexibility index (Phi) is 17.0. The minimum Gasteiger partial charge on any atom is -0.490 e. The van der Waals surface area contributed by atoms with Gasteiger partial charge in [-0.15, -0.1) is 5.16 Å². The van der Waals surface area contributed by atoms with E-state index < -0.39 is 0 Å². The Morgan fingerprint density at radius 1 is 0.452 bits per heavy atom. The van der Waals surface area contributed by atoms with Crippen molar-refractivity contribution in [1.82, 2.24) is 0 Å². The highest BCUT2D eigenvalue weighted by molar-refractivity contribution is 5.67. The molecule has 0 spiro atoms. The minimum absolute atomic E-state index is 0.237. The monoisotopic (exact) mass is 978 g/mol. The van der Waals surface area contributed by atoms with Crippen LogP contribution >= 0.6 is 0 Å². The van der Waals surface area contributed by atoms with Gasteiger partial charge >= 0.3 is 0 Å². The molecule has 3 heterocycles. The third-order valence-electron chi connectivity index (χ3n) is 16.4. The standard InChI is InChI=1S/C22H25NO2.C22H26O2.C22H24O2/c24-23-15-17-13-20(17)19-11-6-12-22-21(19)14-18(25-22)10-5-4-9-16-7-2-1-3-8-16;2*23-15-17-13-20(17)19-11-6-12-22-21(19)14-18(24-22)10-5-4-9-16-7-2-1-3-8-16/h1-3,6-8,11-12,15,17-18,20,24H,4-5,9-10,13-14H2;1-3,6-8,11-12,17-18,20,23H,4-5,9-10,13-15H2;1-3,6-8,11-12,15,17-18,20H,4-5,9-10,13-14H2/b23-15+;;/t3*17-,18+,20?/m000/s1. The van der Waals surface area contributed by atoms with Crippen molar-refractivity contribution in [3.8, 4) is 17.2 Å². The van der Waals surface area contributed by atoms with E-state index in [2.05, 4.69) is 151 Å². The van der Waals surface area contributed by atoms with Crippen LogP contribution in [0, 0.1) is 17.8 Å². The maximum atomic E-state index is 11.0. The lowest BCUT2D eigenvalue weighted by atomic mass is 9.96. The van der Waals surface area contributed by atoms with Crippen molar-refractivity contribution >= 4 is 12.5 Å². The number of nitrogens with zero attached hydrogens (tertiary/aromatic N) is 1. The highest BCUT2D eigenvalue weighted by Gasteiger charge is 2.43. The molecule has 73 heavy (non-hydrogen) atoms. The highest BCUT2D eigenvalue weighted by atomic mass is 16.5. The highest BCUT2D eigenvalue weighted by Crippen LogP contribution is 2.52. The molecule has 3 aliphatic heterocycles. The second-order valence-corrected chi connectivity index (χ2v) is 21.7. The number of carbonyl (C=O) groups is 1. The van der Waals surface area contributed by atoms with Crippen LogP contribution in [0.2, 0.25) is 0 Å². The van der Waals surface area contributed by atoms with Gasteiger partial charge in [0.05, 0.1) is 0 Å². The minimum atomic E-state index is 0.237. The van der Waals surface area contributed by atoms with E-state index in [0.29, 0.717) is 54.5 Å². The first-order valence-corrected chi connectivity index (χ1v) is 27.8. The van der Waals surface area contributed by atoms with Crippen LogP contribution in [0.1, 0.15) is 145 Å². The second-order valence-electron chi connectivity index (χ2n) is 21.7. The largest absolute Gasteiger partial charge is 0.490 e. The fraction of sp³-hybridized carbons (Fsp3) is 0.424. The first-order chi connectivity index (χ1) is 36.0. The van der Waals surface area contributed by atoms with Crippen LogP contribution in [0.25, 0.3) is 0 Å². The summed E-state index contributed by atoms with van der Waals surface area (Å²) in [5.41, 5.74) is 12.6. The maximum Gasteiger partial charge on any atom is 0.123 e. The van der Waals surface area contributed by atoms with Crippen LogP contribution in [-0.2, 0) is 43.3 Å². The number of oxime groups is 1. The molecule has 0 amide bonds. The van der Waals surface area contributed by atoms with Gasteiger partial charge in [0.25, 0.3) is 0 Å². The van der Waals surface area contributed by atoms with Crippen molar-refractivity contribution in [2.45, 2.75) is 152 Å². The molecule has 7 heteroatoms. The smallest absolute Gasteiger partial charge is 0.123 e. The Labute approximate surface area is 434 Å². The summed E-state index contributed by atoms with van der Waals surface area (Å²) < 4.78 is 18.5. The zero-order valence-corrected chi connectivity index (χ0v) is 42.6. The van der Waals surface area contributed by atoms with Crippen LogP contribution in [0.4, 0.5) is 0 Å². The summed E-state index contributed by atoms with van der Waals surface area (Å²) in [6.07, 6.45) is 24.1. The second kappa shape index (κ2) is 24.7. The fourth-order valence-corrected chi connectivity index (χ4v) is 12.0. The van der Waals surface area contributed by atoms with E-state index in [0.717, 1.165) is 101 Å². The number of hydrogen-bond donors (Lipinski definition) is 2. The Morgan fingerprint density at radius 3 is 1.19 bits per heavy atom. The predicted molar refractivity (Wildman–Crippen MR) is 292 cm³/mol. The van der Waals surface area contributed by atoms with Gasteiger partial charge in [0.15, 0.2) is 0 Å². The van der Waals surface area contributed by atoms with E-state index in [1.807, 2.05) is 0 Å². The van der Waals surface area contributed by atoms with E-state index in [1.54, 1.807) is 6.21 Å². The Hall–Kier alpha value is -6.18. The number of rotatable bonds is 21. The average Bonchev–Trinajstić information content (AvgIpc) is 4.39. The fourth-order valence-electron chi connectivity index (χ4n) is 12.0. The van der Waals surface area contributed by atoms with Crippen LogP contribution < -0.4 is 14.2 Å². The summed E-state index contributed by atoms with van der Waals surface area (Å²) in [6, 6.07) is 51.3. The van der Waals surface area contributed by atoms with Crippen LogP contribution in [0.3, 0.4) is 0 Å². The molecule has 0 saturated heterocycles. The van der Waals surface area contributed by atoms with Crippen molar-refractivity contribution in [3.63, 3.8) is 0 Å². The lowest BCUT2D eigenvalue weighted by molar-refractivity contribution is -0.108. The third kappa shape index (κ3) is 13.3. The van der Waals surface area contributed by atoms with E-state index in [4.69, 9.17) is 19.4 Å². The number of aldehydes is 1. The Balaban J connectivity index is 0.000000126. The molecular formula is C66H75NO6. The third-order valence-corrected chi connectivity index (χ3v) is 16.4.